The number of methoxy groups -OCH3 is 1. The van der Waals surface area contributed by atoms with Gasteiger partial charge in [-0.25, -0.2) is 4.79 Å². The topological polar surface area (TPSA) is 84.9 Å². The van der Waals surface area contributed by atoms with Crippen molar-refractivity contribution in [3.8, 4) is 5.75 Å². The van der Waals surface area contributed by atoms with Crippen molar-refractivity contribution in [3.63, 3.8) is 0 Å². The van der Waals surface area contributed by atoms with Crippen molar-refractivity contribution in [2.24, 2.45) is 0 Å². The van der Waals surface area contributed by atoms with E-state index in [1.54, 1.807) is 32.9 Å². The number of hydrogen-bond acceptors (Lipinski definition) is 5. The summed E-state index contributed by atoms with van der Waals surface area (Å²) in [5.74, 6) is -0.327. The van der Waals surface area contributed by atoms with Crippen LogP contribution in [0.3, 0.4) is 0 Å². The Bertz CT molecular complexity index is 519. The Kier molecular flexibility index (Phi) is 5.58. The first-order valence-corrected chi connectivity index (χ1v) is 6.55. The smallest absolute Gasteiger partial charge is 0.407 e. The molecule has 6 nitrogen and oxygen atoms in total. The molecule has 0 aliphatic rings. The number of carbonyl (C=O) groups is 2. The monoisotopic (exact) mass is 295 g/mol. The van der Waals surface area contributed by atoms with Crippen LogP contribution in [0.4, 0.5) is 4.79 Å². The molecule has 1 amide bonds. The van der Waals surface area contributed by atoms with Crippen LogP contribution in [0.15, 0.2) is 18.2 Å². The first kappa shape index (κ1) is 16.8. The fourth-order valence-electron chi connectivity index (χ4n) is 1.61. The number of rotatable bonds is 4. The fraction of sp³-hybridized carbons (Fsp3) is 0.467. The van der Waals surface area contributed by atoms with Crippen molar-refractivity contribution in [1.82, 2.24) is 5.32 Å². The molecule has 0 saturated carbocycles. The van der Waals surface area contributed by atoms with Crippen molar-refractivity contribution >= 4 is 12.1 Å². The number of esters is 1. The normalized spacial score (nSPS) is 10.9. The molecule has 0 bridgehead atoms. The zero-order valence-electron chi connectivity index (χ0n) is 12.7. The van der Waals surface area contributed by atoms with Gasteiger partial charge in [-0.1, -0.05) is 6.07 Å². The quantitative estimate of drug-likeness (QED) is 0.831. The number of ether oxygens (including phenoxy) is 2. The molecule has 21 heavy (non-hydrogen) atoms. The highest BCUT2D eigenvalue weighted by Crippen LogP contribution is 2.19. The summed E-state index contributed by atoms with van der Waals surface area (Å²) < 4.78 is 9.69. The van der Waals surface area contributed by atoms with Gasteiger partial charge in [0.15, 0.2) is 0 Å². The largest absolute Gasteiger partial charge is 0.508 e. The van der Waals surface area contributed by atoms with Gasteiger partial charge in [-0.15, -0.1) is 0 Å². The number of alkyl carbamates (subject to hydrolysis) is 1. The van der Waals surface area contributed by atoms with Crippen LogP contribution in [-0.4, -0.2) is 29.9 Å². The summed E-state index contributed by atoms with van der Waals surface area (Å²) in [6.45, 7) is 5.40. The average Bonchev–Trinajstić information content (AvgIpc) is 2.37. The van der Waals surface area contributed by atoms with Gasteiger partial charge in [-0.05, 0) is 38.5 Å². The fourth-order valence-corrected chi connectivity index (χ4v) is 1.61. The van der Waals surface area contributed by atoms with Crippen molar-refractivity contribution in [3.05, 3.63) is 29.3 Å². The number of carbonyl (C=O) groups excluding carboxylic acids is 2. The van der Waals surface area contributed by atoms with E-state index in [0.717, 1.165) is 0 Å². The van der Waals surface area contributed by atoms with Crippen LogP contribution >= 0.6 is 0 Å². The first-order valence-electron chi connectivity index (χ1n) is 6.55. The summed E-state index contributed by atoms with van der Waals surface area (Å²) in [4.78, 5) is 22.8. The average molecular weight is 295 g/mol. The predicted octanol–water partition coefficient (Wildman–Crippen LogP) is 2.13. The van der Waals surface area contributed by atoms with E-state index in [0.29, 0.717) is 11.1 Å². The molecule has 0 spiro atoms. The Morgan fingerprint density at radius 2 is 1.95 bits per heavy atom. The maximum absolute atomic E-state index is 11.6. The molecule has 116 valence electrons. The zero-order valence-corrected chi connectivity index (χ0v) is 12.7. The molecule has 0 atom stereocenters. The molecule has 0 aliphatic heterocycles. The molecule has 0 unspecified atom stereocenters. The molecule has 0 fully saturated rings. The van der Waals surface area contributed by atoms with Gasteiger partial charge in [-0.2, -0.15) is 0 Å². The third-order valence-corrected chi connectivity index (χ3v) is 2.54. The highest BCUT2D eigenvalue weighted by molar-refractivity contribution is 5.72. The van der Waals surface area contributed by atoms with Gasteiger partial charge in [0.05, 0.1) is 13.5 Å². The summed E-state index contributed by atoms with van der Waals surface area (Å²) in [5, 5.41) is 12.3. The van der Waals surface area contributed by atoms with E-state index >= 15 is 0 Å². The summed E-state index contributed by atoms with van der Waals surface area (Å²) in [6, 6.07) is 4.75. The van der Waals surface area contributed by atoms with E-state index in [9.17, 15) is 14.7 Å². The minimum Gasteiger partial charge on any atom is -0.508 e. The Morgan fingerprint density at radius 1 is 1.29 bits per heavy atom. The van der Waals surface area contributed by atoms with Gasteiger partial charge >= 0.3 is 12.1 Å². The van der Waals surface area contributed by atoms with Gasteiger partial charge in [0.1, 0.15) is 11.4 Å². The predicted molar refractivity (Wildman–Crippen MR) is 76.9 cm³/mol. The summed E-state index contributed by atoms with van der Waals surface area (Å²) in [6.07, 6.45) is -0.462. The van der Waals surface area contributed by atoms with Crippen molar-refractivity contribution in [2.45, 2.75) is 39.3 Å². The van der Waals surface area contributed by atoms with E-state index in [1.165, 1.54) is 13.2 Å². The van der Waals surface area contributed by atoms with Crippen LogP contribution in [0, 0.1) is 0 Å². The van der Waals surface area contributed by atoms with E-state index in [-0.39, 0.29) is 24.7 Å². The van der Waals surface area contributed by atoms with Gasteiger partial charge < -0.3 is 19.9 Å². The van der Waals surface area contributed by atoms with Crippen molar-refractivity contribution in [1.29, 1.82) is 0 Å². The third-order valence-electron chi connectivity index (χ3n) is 2.54. The maximum atomic E-state index is 11.6. The molecule has 0 heterocycles. The number of benzene rings is 1. The van der Waals surface area contributed by atoms with E-state index in [4.69, 9.17) is 4.74 Å². The molecule has 0 aromatic heterocycles. The lowest BCUT2D eigenvalue weighted by atomic mass is 10.1. The summed E-state index contributed by atoms with van der Waals surface area (Å²) >= 11 is 0. The second-order valence-corrected chi connectivity index (χ2v) is 5.57. The van der Waals surface area contributed by atoms with Crippen LogP contribution in [0.2, 0.25) is 0 Å². The van der Waals surface area contributed by atoms with E-state index in [1.807, 2.05) is 0 Å². The van der Waals surface area contributed by atoms with Crippen LogP contribution in [-0.2, 0) is 27.2 Å². The molecule has 6 heteroatoms. The summed E-state index contributed by atoms with van der Waals surface area (Å²) in [5.41, 5.74) is 0.613. The van der Waals surface area contributed by atoms with Crippen molar-refractivity contribution < 1.29 is 24.2 Å². The molecule has 2 N–H and O–H groups in total. The number of amides is 1. The Hall–Kier alpha value is -2.24. The molecular formula is C15H21NO5. The van der Waals surface area contributed by atoms with Crippen LogP contribution in [0.5, 0.6) is 5.75 Å². The van der Waals surface area contributed by atoms with Crippen LogP contribution in [0.1, 0.15) is 31.9 Å². The first-order chi connectivity index (χ1) is 9.71. The molecule has 1 rings (SSSR count). The molecule has 1 aromatic carbocycles. The summed E-state index contributed by atoms with van der Waals surface area (Å²) in [7, 11) is 1.31. The number of aromatic hydroxyl groups is 1. The Labute approximate surface area is 124 Å². The zero-order chi connectivity index (χ0) is 16.0. The van der Waals surface area contributed by atoms with Gasteiger partial charge in [0.25, 0.3) is 0 Å². The third kappa shape index (κ3) is 6.16. The molecule has 0 saturated heterocycles. The molecular weight excluding hydrogens is 274 g/mol. The maximum Gasteiger partial charge on any atom is 0.407 e. The van der Waals surface area contributed by atoms with Crippen LogP contribution in [0.25, 0.3) is 0 Å². The number of nitrogens with one attached hydrogen (secondary N) is 1. The molecule has 0 radical (unpaired) electrons. The molecule has 0 aliphatic carbocycles. The van der Waals surface area contributed by atoms with Gasteiger partial charge in [0.2, 0.25) is 0 Å². The lowest BCUT2D eigenvalue weighted by Gasteiger charge is -2.19. The minimum atomic E-state index is -0.584. The van der Waals surface area contributed by atoms with Crippen molar-refractivity contribution in [2.75, 3.05) is 7.11 Å². The second-order valence-electron chi connectivity index (χ2n) is 5.57. The number of hydrogen-bond donors (Lipinski definition) is 2. The highest BCUT2D eigenvalue weighted by atomic mass is 16.6. The highest BCUT2D eigenvalue weighted by Gasteiger charge is 2.16. The SMILES string of the molecule is COC(=O)Cc1ccc(O)c(CNC(=O)OC(C)(C)C)c1. The number of phenolic OH excluding ortho intramolecular Hbond substituents is 1. The number of phenols is 1. The lowest BCUT2D eigenvalue weighted by molar-refractivity contribution is -0.139. The lowest BCUT2D eigenvalue weighted by Crippen LogP contribution is -2.32. The van der Waals surface area contributed by atoms with Gasteiger partial charge in [0, 0.05) is 12.1 Å². The standard InChI is InChI=1S/C15H21NO5/c1-15(2,3)21-14(19)16-9-11-7-10(5-6-12(11)17)8-13(18)20-4/h5-7,17H,8-9H2,1-4H3,(H,16,19). The van der Waals surface area contributed by atoms with Gasteiger partial charge in [-0.3, -0.25) is 4.79 Å². The Morgan fingerprint density at radius 3 is 2.52 bits per heavy atom. The van der Waals surface area contributed by atoms with E-state index < -0.39 is 11.7 Å². The minimum absolute atomic E-state index is 0.0414. The molecule has 1 aromatic rings. The van der Waals surface area contributed by atoms with E-state index in [2.05, 4.69) is 10.1 Å². The van der Waals surface area contributed by atoms with Crippen LogP contribution < -0.4 is 5.32 Å². The second kappa shape index (κ2) is 6.97. The Balaban J connectivity index is 2.68.